The van der Waals surface area contributed by atoms with E-state index >= 15 is 0 Å². The second-order valence-corrected chi connectivity index (χ2v) is 4.63. The zero-order chi connectivity index (χ0) is 13.7. The first kappa shape index (κ1) is 14.4. The molecule has 5 heteroatoms. The molecule has 98 valence electrons. The van der Waals surface area contributed by atoms with Gasteiger partial charge in [0.2, 0.25) is 5.91 Å². The van der Waals surface area contributed by atoms with Crippen molar-refractivity contribution in [1.29, 1.82) is 0 Å². The molecule has 0 spiro atoms. The van der Waals surface area contributed by atoms with Crippen molar-refractivity contribution in [3.8, 4) is 5.75 Å². The third-order valence-electron chi connectivity index (χ3n) is 2.74. The fraction of sp³-hybridized carbons (Fsp3) is 0.385. The molecule has 4 nitrogen and oxygen atoms in total. The summed E-state index contributed by atoms with van der Waals surface area (Å²) in [5.74, 6) is 0.264. The van der Waals surface area contributed by atoms with Crippen LogP contribution in [0.2, 0.25) is 0 Å². The molecule has 0 radical (unpaired) electrons. The number of phenolic OH excluding ortho intramolecular Hbond substituents is 1. The molecule has 0 saturated heterocycles. The maximum absolute atomic E-state index is 10.8. The van der Waals surface area contributed by atoms with Crippen molar-refractivity contribution in [3.63, 3.8) is 0 Å². The minimum atomic E-state index is -0.245. The van der Waals surface area contributed by atoms with Gasteiger partial charge < -0.3 is 15.7 Å². The van der Waals surface area contributed by atoms with E-state index in [1.165, 1.54) is 6.92 Å². The van der Waals surface area contributed by atoms with Gasteiger partial charge in [0.25, 0.3) is 0 Å². The number of nitrogens with one attached hydrogen (secondary N) is 2. The summed E-state index contributed by atoms with van der Waals surface area (Å²) in [5.41, 5.74) is 1.62. The number of carbonyl (C=O) groups is 1. The molecule has 1 aromatic rings. The first-order valence-electron chi connectivity index (χ1n) is 5.85. The molecule has 0 aromatic heterocycles. The lowest BCUT2D eigenvalue weighted by molar-refractivity contribution is -0.117. The van der Waals surface area contributed by atoms with E-state index in [-0.39, 0.29) is 16.8 Å². The molecule has 0 aliphatic rings. The van der Waals surface area contributed by atoms with Gasteiger partial charge in [-0.15, -0.1) is 0 Å². The molecular weight excluding hydrogens is 248 g/mol. The van der Waals surface area contributed by atoms with Crippen LogP contribution >= 0.6 is 12.2 Å². The van der Waals surface area contributed by atoms with Crippen LogP contribution in [0, 0.1) is 0 Å². The summed E-state index contributed by atoms with van der Waals surface area (Å²) >= 11 is 4.96. The minimum absolute atomic E-state index is 0.106. The third-order valence-corrected chi connectivity index (χ3v) is 2.94. The van der Waals surface area contributed by atoms with E-state index in [0.717, 1.165) is 12.0 Å². The van der Waals surface area contributed by atoms with Crippen LogP contribution in [0.1, 0.15) is 38.7 Å². The molecule has 3 N–H and O–H groups in total. The highest BCUT2D eigenvalue weighted by Gasteiger charge is 2.09. The van der Waals surface area contributed by atoms with Crippen molar-refractivity contribution in [2.45, 2.75) is 33.1 Å². The summed E-state index contributed by atoms with van der Waals surface area (Å²) in [5, 5.41) is 15.2. The molecule has 0 bridgehead atoms. The Morgan fingerprint density at radius 3 is 2.72 bits per heavy atom. The quantitative estimate of drug-likeness (QED) is 0.581. The van der Waals surface area contributed by atoms with Gasteiger partial charge in [0.1, 0.15) is 5.75 Å². The summed E-state index contributed by atoms with van der Waals surface area (Å²) in [6.45, 7) is 5.60. The average molecular weight is 266 g/mol. The Morgan fingerprint density at radius 2 is 2.17 bits per heavy atom. The smallest absolute Gasteiger partial charge is 0.222 e. The lowest BCUT2D eigenvalue weighted by atomic mass is 9.98. The number of rotatable bonds is 3. The van der Waals surface area contributed by atoms with Crippen LogP contribution in [-0.4, -0.2) is 16.1 Å². The van der Waals surface area contributed by atoms with Gasteiger partial charge in [0, 0.05) is 6.92 Å². The van der Waals surface area contributed by atoms with Gasteiger partial charge in [-0.3, -0.25) is 4.79 Å². The number of carbonyl (C=O) groups excluding carboxylic acids is 1. The van der Waals surface area contributed by atoms with Crippen LogP contribution in [-0.2, 0) is 4.79 Å². The number of phenols is 1. The second kappa shape index (κ2) is 6.35. The third kappa shape index (κ3) is 4.00. The largest absolute Gasteiger partial charge is 0.506 e. The van der Waals surface area contributed by atoms with E-state index in [0.29, 0.717) is 11.6 Å². The van der Waals surface area contributed by atoms with Gasteiger partial charge in [-0.1, -0.05) is 19.9 Å². The van der Waals surface area contributed by atoms with E-state index in [1.54, 1.807) is 6.07 Å². The van der Waals surface area contributed by atoms with Crippen molar-refractivity contribution >= 4 is 28.9 Å². The highest BCUT2D eigenvalue weighted by molar-refractivity contribution is 7.80. The number of thiocarbonyl (C=S) groups is 1. The highest BCUT2D eigenvalue weighted by Crippen LogP contribution is 2.28. The molecule has 0 aliphatic carbocycles. The monoisotopic (exact) mass is 266 g/mol. The first-order chi connectivity index (χ1) is 8.43. The van der Waals surface area contributed by atoms with Gasteiger partial charge in [0.05, 0.1) is 5.69 Å². The second-order valence-electron chi connectivity index (χ2n) is 4.22. The Hall–Kier alpha value is -1.62. The van der Waals surface area contributed by atoms with E-state index in [4.69, 9.17) is 12.2 Å². The lowest BCUT2D eigenvalue weighted by Gasteiger charge is -2.14. The molecule has 0 fully saturated rings. The molecule has 0 saturated carbocycles. The Bertz CT molecular complexity index is 460. The summed E-state index contributed by atoms with van der Waals surface area (Å²) in [4.78, 5) is 10.8. The van der Waals surface area contributed by atoms with Crippen molar-refractivity contribution in [2.24, 2.45) is 0 Å². The van der Waals surface area contributed by atoms with Crippen LogP contribution < -0.4 is 10.6 Å². The van der Waals surface area contributed by atoms with Crippen molar-refractivity contribution in [2.75, 3.05) is 5.32 Å². The first-order valence-corrected chi connectivity index (χ1v) is 6.26. The van der Waals surface area contributed by atoms with Crippen LogP contribution in [0.15, 0.2) is 18.2 Å². The number of hydrogen-bond acceptors (Lipinski definition) is 3. The van der Waals surface area contributed by atoms with Crippen LogP contribution in [0.25, 0.3) is 0 Å². The van der Waals surface area contributed by atoms with Gasteiger partial charge in [-0.25, -0.2) is 0 Å². The maximum atomic E-state index is 10.8. The van der Waals surface area contributed by atoms with Crippen molar-refractivity contribution < 1.29 is 9.90 Å². The molecular formula is C13H18N2O2S. The summed E-state index contributed by atoms with van der Waals surface area (Å²) in [6, 6.07) is 5.36. The normalized spacial score (nSPS) is 11.7. The molecule has 0 heterocycles. The maximum Gasteiger partial charge on any atom is 0.222 e. The van der Waals surface area contributed by atoms with Crippen LogP contribution in [0.3, 0.4) is 0 Å². The predicted octanol–water partition coefficient (Wildman–Crippen LogP) is 2.74. The number of anilines is 1. The number of amides is 1. The number of aromatic hydroxyl groups is 1. The predicted molar refractivity (Wildman–Crippen MR) is 76.9 cm³/mol. The summed E-state index contributed by atoms with van der Waals surface area (Å²) < 4.78 is 0. The van der Waals surface area contributed by atoms with Gasteiger partial charge >= 0.3 is 0 Å². The fourth-order valence-electron chi connectivity index (χ4n) is 1.51. The Kier molecular flexibility index (Phi) is 5.09. The van der Waals surface area contributed by atoms with Crippen molar-refractivity contribution in [3.05, 3.63) is 23.8 Å². The molecule has 1 amide bonds. The van der Waals surface area contributed by atoms with E-state index in [1.807, 2.05) is 12.1 Å². The Balaban J connectivity index is 2.87. The molecule has 1 atom stereocenters. The van der Waals surface area contributed by atoms with Crippen LogP contribution in [0.5, 0.6) is 5.75 Å². The molecule has 1 rings (SSSR count). The van der Waals surface area contributed by atoms with E-state index in [9.17, 15) is 9.90 Å². The Morgan fingerprint density at radius 1 is 1.50 bits per heavy atom. The summed E-state index contributed by atoms with van der Waals surface area (Å²) in [7, 11) is 0. The van der Waals surface area contributed by atoms with E-state index in [2.05, 4.69) is 24.5 Å². The zero-order valence-electron chi connectivity index (χ0n) is 10.8. The minimum Gasteiger partial charge on any atom is -0.506 e. The van der Waals surface area contributed by atoms with Gasteiger partial charge in [0.15, 0.2) is 5.11 Å². The fourth-order valence-corrected chi connectivity index (χ4v) is 1.76. The molecule has 18 heavy (non-hydrogen) atoms. The Labute approximate surface area is 112 Å². The van der Waals surface area contributed by atoms with Crippen LogP contribution in [0.4, 0.5) is 5.69 Å². The SMILES string of the molecule is CC[C@@H](C)c1ccc(O)c(NC(=S)NC(C)=O)c1. The molecule has 1 aromatic carbocycles. The topological polar surface area (TPSA) is 61.4 Å². The van der Waals surface area contributed by atoms with Gasteiger partial charge in [-0.05, 0) is 42.3 Å². The van der Waals surface area contributed by atoms with E-state index < -0.39 is 0 Å². The highest BCUT2D eigenvalue weighted by atomic mass is 32.1. The number of benzene rings is 1. The number of hydrogen-bond donors (Lipinski definition) is 3. The molecule has 0 unspecified atom stereocenters. The van der Waals surface area contributed by atoms with Crippen molar-refractivity contribution in [1.82, 2.24) is 5.32 Å². The van der Waals surface area contributed by atoms with Gasteiger partial charge in [-0.2, -0.15) is 0 Å². The summed E-state index contributed by atoms with van der Waals surface area (Å²) in [6.07, 6.45) is 1.01. The standard InChI is InChI=1S/C13H18N2O2S/c1-4-8(2)10-5-6-12(17)11(7-10)15-13(18)14-9(3)16/h5-8,17H,4H2,1-3H3,(H2,14,15,16,18)/t8-/m1/s1. The average Bonchev–Trinajstić information content (AvgIpc) is 2.30. The molecule has 0 aliphatic heterocycles. The zero-order valence-corrected chi connectivity index (χ0v) is 11.6. The lowest BCUT2D eigenvalue weighted by Crippen LogP contribution is -2.32.